The van der Waals surface area contributed by atoms with Crippen molar-refractivity contribution < 1.29 is 4.74 Å². The molecule has 0 saturated heterocycles. The molecule has 24 heavy (non-hydrogen) atoms. The van der Waals surface area contributed by atoms with Crippen LogP contribution in [0.25, 0.3) is 0 Å². The van der Waals surface area contributed by atoms with E-state index >= 15 is 0 Å². The Morgan fingerprint density at radius 3 is 2.62 bits per heavy atom. The lowest BCUT2D eigenvalue weighted by atomic mass is 9.89. The van der Waals surface area contributed by atoms with Crippen molar-refractivity contribution in [3.05, 3.63) is 59.2 Å². The highest BCUT2D eigenvalue weighted by atomic mass is 32.1. The SMILES string of the molecule is Cc1cccc(NC(=S)NC2CC(C)(C)Oc3cc(C)ccc32)c1. The molecule has 2 aromatic rings. The van der Waals surface area contributed by atoms with Crippen LogP contribution in [0.1, 0.15) is 43.0 Å². The fourth-order valence-corrected chi connectivity index (χ4v) is 3.40. The van der Waals surface area contributed by atoms with Crippen molar-refractivity contribution in [2.24, 2.45) is 0 Å². The van der Waals surface area contributed by atoms with Gasteiger partial charge in [0.1, 0.15) is 11.4 Å². The number of anilines is 1. The lowest BCUT2D eigenvalue weighted by Crippen LogP contribution is -2.42. The first-order valence-corrected chi connectivity index (χ1v) is 8.67. The lowest BCUT2D eigenvalue weighted by molar-refractivity contribution is 0.0696. The highest BCUT2D eigenvalue weighted by molar-refractivity contribution is 7.80. The van der Waals surface area contributed by atoms with Gasteiger partial charge in [-0.05, 0) is 69.2 Å². The molecule has 2 aromatic carbocycles. The van der Waals surface area contributed by atoms with Gasteiger partial charge in [-0.2, -0.15) is 0 Å². The Hall–Kier alpha value is -2.07. The Labute approximate surface area is 149 Å². The molecule has 0 bridgehead atoms. The minimum Gasteiger partial charge on any atom is -0.487 e. The van der Waals surface area contributed by atoms with E-state index in [1.807, 2.05) is 12.1 Å². The molecule has 1 aliphatic heterocycles. The van der Waals surface area contributed by atoms with Gasteiger partial charge in [-0.15, -0.1) is 0 Å². The molecule has 0 radical (unpaired) electrons. The van der Waals surface area contributed by atoms with Gasteiger partial charge in [0.2, 0.25) is 0 Å². The zero-order valence-electron chi connectivity index (χ0n) is 14.6. The van der Waals surface area contributed by atoms with E-state index in [1.54, 1.807) is 0 Å². The van der Waals surface area contributed by atoms with Gasteiger partial charge >= 0.3 is 0 Å². The third-order valence-electron chi connectivity index (χ3n) is 4.21. The Morgan fingerprint density at radius 1 is 1.12 bits per heavy atom. The molecule has 0 aromatic heterocycles. The Balaban J connectivity index is 1.78. The van der Waals surface area contributed by atoms with Crippen LogP contribution in [0.2, 0.25) is 0 Å². The molecule has 2 N–H and O–H groups in total. The minimum atomic E-state index is -0.225. The first-order chi connectivity index (χ1) is 11.3. The van der Waals surface area contributed by atoms with E-state index in [9.17, 15) is 0 Å². The summed E-state index contributed by atoms with van der Waals surface area (Å²) in [5.74, 6) is 0.946. The molecule has 3 nitrogen and oxygen atoms in total. The predicted molar refractivity (Wildman–Crippen MR) is 104 cm³/mol. The van der Waals surface area contributed by atoms with Crippen molar-refractivity contribution in [2.45, 2.75) is 45.8 Å². The second kappa shape index (κ2) is 6.44. The summed E-state index contributed by atoms with van der Waals surface area (Å²) >= 11 is 5.53. The van der Waals surface area contributed by atoms with Gasteiger partial charge in [-0.1, -0.05) is 24.3 Å². The van der Waals surface area contributed by atoms with Gasteiger partial charge in [-0.25, -0.2) is 0 Å². The van der Waals surface area contributed by atoms with Crippen LogP contribution in [0, 0.1) is 13.8 Å². The average Bonchev–Trinajstić information content (AvgIpc) is 2.45. The maximum absolute atomic E-state index is 6.14. The second-order valence-electron chi connectivity index (χ2n) is 7.13. The van der Waals surface area contributed by atoms with Gasteiger partial charge in [0.25, 0.3) is 0 Å². The highest BCUT2D eigenvalue weighted by Gasteiger charge is 2.34. The van der Waals surface area contributed by atoms with Crippen molar-refractivity contribution in [1.29, 1.82) is 0 Å². The zero-order chi connectivity index (χ0) is 17.3. The molecule has 3 rings (SSSR count). The smallest absolute Gasteiger partial charge is 0.171 e. The van der Waals surface area contributed by atoms with Gasteiger partial charge in [-0.3, -0.25) is 0 Å². The van der Waals surface area contributed by atoms with Crippen LogP contribution in [0.4, 0.5) is 5.69 Å². The summed E-state index contributed by atoms with van der Waals surface area (Å²) in [5, 5.41) is 7.37. The third kappa shape index (κ3) is 3.88. The molecule has 1 aliphatic rings. The maximum atomic E-state index is 6.14. The van der Waals surface area contributed by atoms with Crippen molar-refractivity contribution in [3.8, 4) is 5.75 Å². The van der Waals surface area contributed by atoms with Crippen molar-refractivity contribution >= 4 is 23.0 Å². The largest absolute Gasteiger partial charge is 0.487 e. The van der Waals surface area contributed by atoms with E-state index in [0.29, 0.717) is 5.11 Å². The summed E-state index contributed by atoms with van der Waals surface area (Å²) < 4.78 is 6.14. The third-order valence-corrected chi connectivity index (χ3v) is 4.43. The van der Waals surface area contributed by atoms with Crippen LogP contribution >= 0.6 is 12.2 Å². The molecular weight excluding hydrogens is 316 g/mol. The van der Waals surface area contributed by atoms with E-state index in [1.165, 1.54) is 11.1 Å². The van der Waals surface area contributed by atoms with Gasteiger partial charge in [0, 0.05) is 17.7 Å². The normalized spacial score (nSPS) is 18.2. The summed E-state index contributed by atoms with van der Waals surface area (Å²) in [6.45, 7) is 8.38. The number of ether oxygens (including phenoxy) is 1. The standard InChI is InChI=1S/C20H24N2OS/c1-13-6-5-7-15(10-13)21-19(24)22-17-12-20(3,4)23-18-11-14(2)8-9-16(17)18/h5-11,17H,12H2,1-4H3,(H2,21,22,24). The fourth-order valence-electron chi connectivity index (χ4n) is 3.14. The van der Waals surface area contributed by atoms with Crippen LogP contribution in [0.3, 0.4) is 0 Å². The van der Waals surface area contributed by atoms with Crippen LogP contribution in [-0.4, -0.2) is 10.7 Å². The molecule has 0 aliphatic carbocycles. The fraction of sp³-hybridized carbons (Fsp3) is 0.350. The summed E-state index contributed by atoms with van der Waals surface area (Å²) in [4.78, 5) is 0. The first kappa shape index (κ1) is 16.8. The molecule has 1 unspecified atom stereocenters. The number of hydrogen-bond donors (Lipinski definition) is 2. The zero-order valence-corrected chi connectivity index (χ0v) is 15.5. The number of hydrogen-bond acceptors (Lipinski definition) is 2. The van der Waals surface area contributed by atoms with Gasteiger partial charge < -0.3 is 15.4 Å². The Bertz CT molecular complexity index is 770. The van der Waals surface area contributed by atoms with Gasteiger partial charge in [0.05, 0.1) is 6.04 Å². The van der Waals surface area contributed by atoms with E-state index < -0.39 is 0 Å². The quantitative estimate of drug-likeness (QED) is 0.763. The number of rotatable bonds is 2. The minimum absolute atomic E-state index is 0.133. The van der Waals surface area contributed by atoms with E-state index in [4.69, 9.17) is 17.0 Å². The second-order valence-corrected chi connectivity index (χ2v) is 7.54. The molecule has 4 heteroatoms. The van der Waals surface area contributed by atoms with E-state index in [0.717, 1.165) is 23.4 Å². The number of aryl methyl sites for hydroxylation is 2. The monoisotopic (exact) mass is 340 g/mol. The molecule has 1 heterocycles. The number of nitrogens with one attached hydrogen (secondary N) is 2. The van der Waals surface area contributed by atoms with Crippen LogP contribution in [-0.2, 0) is 0 Å². The molecule has 0 spiro atoms. The van der Waals surface area contributed by atoms with E-state index in [-0.39, 0.29) is 11.6 Å². The highest BCUT2D eigenvalue weighted by Crippen LogP contribution is 2.39. The maximum Gasteiger partial charge on any atom is 0.171 e. The first-order valence-electron chi connectivity index (χ1n) is 8.26. The lowest BCUT2D eigenvalue weighted by Gasteiger charge is -2.38. The molecule has 0 saturated carbocycles. The summed E-state index contributed by atoms with van der Waals surface area (Å²) in [5.41, 5.74) is 4.34. The molecule has 0 fully saturated rings. The number of fused-ring (bicyclic) bond motifs is 1. The van der Waals surface area contributed by atoms with E-state index in [2.05, 4.69) is 68.7 Å². The Kier molecular flexibility index (Phi) is 4.50. The molecule has 0 amide bonds. The van der Waals surface area contributed by atoms with Crippen molar-refractivity contribution in [2.75, 3.05) is 5.32 Å². The summed E-state index contributed by atoms with van der Waals surface area (Å²) in [6, 6.07) is 14.7. The van der Waals surface area contributed by atoms with Crippen LogP contribution in [0.5, 0.6) is 5.75 Å². The summed E-state index contributed by atoms with van der Waals surface area (Å²) in [7, 11) is 0. The number of thiocarbonyl (C=S) groups is 1. The summed E-state index contributed by atoms with van der Waals surface area (Å²) in [6.07, 6.45) is 0.860. The van der Waals surface area contributed by atoms with Gasteiger partial charge in [0.15, 0.2) is 5.11 Å². The van der Waals surface area contributed by atoms with Crippen molar-refractivity contribution in [3.63, 3.8) is 0 Å². The Morgan fingerprint density at radius 2 is 1.88 bits per heavy atom. The molecular formula is C20H24N2OS. The topological polar surface area (TPSA) is 33.3 Å². The van der Waals surface area contributed by atoms with Crippen LogP contribution in [0.15, 0.2) is 42.5 Å². The predicted octanol–water partition coefficient (Wildman–Crippen LogP) is 4.89. The van der Waals surface area contributed by atoms with Crippen LogP contribution < -0.4 is 15.4 Å². The molecule has 126 valence electrons. The molecule has 1 atom stereocenters. The average molecular weight is 340 g/mol. The number of benzene rings is 2. The van der Waals surface area contributed by atoms with Crippen molar-refractivity contribution in [1.82, 2.24) is 5.32 Å².